The van der Waals surface area contributed by atoms with E-state index in [0.29, 0.717) is 0 Å². The maximum atomic E-state index is 10.1. The largest absolute Gasteiger partial charge is 0.506 e. The van der Waals surface area contributed by atoms with Gasteiger partial charge in [-0.1, -0.05) is 54.6 Å². The van der Waals surface area contributed by atoms with Crippen LogP contribution < -0.4 is 15.9 Å². The second-order valence-corrected chi connectivity index (χ2v) is 9.17. The summed E-state index contributed by atoms with van der Waals surface area (Å²) < 4.78 is 2.20. The van der Waals surface area contributed by atoms with Crippen LogP contribution >= 0.6 is 7.41 Å². The van der Waals surface area contributed by atoms with Gasteiger partial charge in [0.05, 0.1) is 6.20 Å². The van der Waals surface area contributed by atoms with Crippen LogP contribution in [0.5, 0.6) is 5.75 Å². The van der Waals surface area contributed by atoms with Crippen molar-refractivity contribution >= 4 is 23.3 Å². The molecule has 3 aromatic carbocycles. The zero-order chi connectivity index (χ0) is 17.1. The summed E-state index contributed by atoms with van der Waals surface area (Å²) in [5.41, 5.74) is 0. The first kappa shape index (κ1) is 15.7. The fraction of sp³-hybridized carbons (Fsp3) is 0. The maximum Gasteiger partial charge on any atom is 0.206 e. The average Bonchev–Trinajstić information content (AvgIpc) is 3.12. The van der Waals surface area contributed by atoms with Crippen molar-refractivity contribution in [2.75, 3.05) is 0 Å². The lowest BCUT2D eigenvalue weighted by molar-refractivity contribution is 0.476. The minimum atomic E-state index is -2.13. The molecule has 0 fully saturated rings. The molecule has 4 aromatic rings. The summed E-state index contributed by atoms with van der Waals surface area (Å²) in [6.45, 7) is 0. The van der Waals surface area contributed by atoms with Gasteiger partial charge in [0, 0.05) is 12.3 Å². The number of aromatic nitrogens is 1. The third kappa shape index (κ3) is 2.65. The summed E-state index contributed by atoms with van der Waals surface area (Å²) in [7, 11) is -2.13. The summed E-state index contributed by atoms with van der Waals surface area (Å²) in [5, 5.41) is 13.8. The van der Waals surface area contributed by atoms with Crippen molar-refractivity contribution < 1.29 is 5.11 Å². The number of hydrogen-bond acceptors (Lipinski definition) is 1. The molecular formula is C22H19NOP+. The molecule has 2 nitrogen and oxygen atoms in total. The van der Waals surface area contributed by atoms with Crippen LogP contribution in [-0.4, -0.2) is 9.44 Å². The molecule has 4 rings (SSSR count). The first-order valence-corrected chi connectivity index (χ1v) is 10.00. The van der Waals surface area contributed by atoms with Crippen LogP contribution in [0.4, 0.5) is 0 Å². The normalized spacial score (nSPS) is 11.4. The third-order valence-corrected chi connectivity index (χ3v) is 8.48. The molecular weight excluding hydrogens is 325 g/mol. The minimum Gasteiger partial charge on any atom is -0.506 e. The Labute approximate surface area is 148 Å². The Hall–Kier alpha value is -2.83. The first-order valence-electron chi connectivity index (χ1n) is 8.25. The number of nitrogens with zero attached hydrogens (tertiary/aromatic N) is 1. The highest BCUT2D eigenvalue weighted by atomic mass is 31.2. The first-order chi connectivity index (χ1) is 12.3. The molecule has 3 heteroatoms. The van der Waals surface area contributed by atoms with E-state index >= 15 is 0 Å². The van der Waals surface area contributed by atoms with Crippen LogP contribution in [0, 0.1) is 0 Å². The van der Waals surface area contributed by atoms with E-state index in [4.69, 9.17) is 0 Å². The van der Waals surface area contributed by atoms with Crippen molar-refractivity contribution in [3.63, 3.8) is 0 Å². The Morgan fingerprint density at radius 2 is 0.960 bits per heavy atom. The highest BCUT2D eigenvalue weighted by molar-refractivity contribution is 7.94. The number of benzene rings is 3. The lowest BCUT2D eigenvalue weighted by atomic mass is 10.4. The quantitative estimate of drug-likeness (QED) is 0.557. The Bertz CT molecular complexity index is 852. The Morgan fingerprint density at radius 1 is 0.560 bits per heavy atom. The molecule has 0 unspecified atom stereocenters. The van der Waals surface area contributed by atoms with E-state index in [1.807, 2.05) is 30.6 Å². The van der Waals surface area contributed by atoms with Gasteiger partial charge in [0.25, 0.3) is 0 Å². The SMILES string of the molecule is Oc1ccn([P+](c2ccccc2)(c2ccccc2)c2ccccc2)c1. The predicted molar refractivity (Wildman–Crippen MR) is 107 cm³/mol. The van der Waals surface area contributed by atoms with Crippen LogP contribution in [0.15, 0.2) is 109 Å². The fourth-order valence-electron chi connectivity index (χ4n) is 3.34. The molecule has 0 saturated heterocycles. The van der Waals surface area contributed by atoms with Gasteiger partial charge < -0.3 is 5.11 Å². The second-order valence-electron chi connectivity index (χ2n) is 5.89. The van der Waals surface area contributed by atoms with Gasteiger partial charge in [-0.05, 0) is 36.4 Å². The van der Waals surface area contributed by atoms with Crippen molar-refractivity contribution in [1.29, 1.82) is 0 Å². The molecule has 25 heavy (non-hydrogen) atoms. The zero-order valence-corrected chi connectivity index (χ0v) is 14.6. The number of hydrogen-bond donors (Lipinski definition) is 1. The van der Waals surface area contributed by atoms with Crippen molar-refractivity contribution in [2.24, 2.45) is 0 Å². The topological polar surface area (TPSA) is 25.2 Å². The van der Waals surface area contributed by atoms with Gasteiger partial charge in [0.15, 0.2) is 0 Å². The molecule has 122 valence electrons. The van der Waals surface area contributed by atoms with E-state index in [9.17, 15) is 5.11 Å². The lowest BCUT2D eigenvalue weighted by Gasteiger charge is -2.28. The van der Waals surface area contributed by atoms with Crippen LogP contribution in [0.1, 0.15) is 0 Å². The van der Waals surface area contributed by atoms with Crippen molar-refractivity contribution in [3.05, 3.63) is 109 Å². The monoisotopic (exact) mass is 344 g/mol. The van der Waals surface area contributed by atoms with Gasteiger partial charge in [0.1, 0.15) is 21.7 Å². The van der Waals surface area contributed by atoms with E-state index in [1.54, 1.807) is 6.07 Å². The molecule has 0 radical (unpaired) electrons. The Kier molecular flexibility index (Phi) is 4.13. The second kappa shape index (κ2) is 6.58. The van der Waals surface area contributed by atoms with E-state index in [0.717, 1.165) is 0 Å². The standard InChI is InChI=1S/C22H18NOP/c24-19-16-17-23(18-19)25(20-10-4-1-5-11-20,21-12-6-2-7-13-21)22-14-8-3-9-15-22/h1-18H/p+1. The number of aromatic hydroxyl groups is 1. The van der Waals surface area contributed by atoms with Gasteiger partial charge >= 0.3 is 0 Å². The molecule has 0 aliphatic carbocycles. The third-order valence-electron chi connectivity index (χ3n) is 4.40. The van der Waals surface area contributed by atoms with Gasteiger partial charge in [-0.25, -0.2) is 4.34 Å². The fourth-order valence-corrected chi connectivity index (χ4v) is 7.40. The van der Waals surface area contributed by atoms with Crippen LogP contribution in [0.25, 0.3) is 0 Å². The van der Waals surface area contributed by atoms with E-state index < -0.39 is 7.41 Å². The van der Waals surface area contributed by atoms with Gasteiger partial charge in [-0.2, -0.15) is 0 Å². The summed E-state index contributed by atoms with van der Waals surface area (Å²) in [4.78, 5) is 0. The molecule has 0 amide bonds. The predicted octanol–water partition coefficient (Wildman–Crippen LogP) is 3.95. The van der Waals surface area contributed by atoms with E-state index in [-0.39, 0.29) is 5.75 Å². The molecule has 1 heterocycles. The van der Waals surface area contributed by atoms with Crippen molar-refractivity contribution in [3.8, 4) is 5.75 Å². The Balaban J connectivity index is 2.12. The van der Waals surface area contributed by atoms with Crippen LogP contribution in [-0.2, 0) is 0 Å². The molecule has 0 spiro atoms. The maximum absolute atomic E-state index is 10.1. The minimum absolute atomic E-state index is 0.284. The summed E-state index contributed by atoms with van der Waals surface area (Å²) in [6, 6.07) is 33.5. The molecule has 1 N–H and O–H groups in total. The van der Waals surface area contributed by atoms with E-state index in [2.05, 4.69) is 77.1 Å². The van der Waals surface area contributed by atoms with Crippen molar-refractivity contribution in [2.45, 2.75) is 0 Å². The number of rotatable bonds is 4. The molecule has 0 saturated carbocycles. The highest BCUT2D eigenvalue weighted by Crippen LogP contribution is 2.56. The zero-order valence-electron chi connectivity index (χ0n) is 13.7. The Morgan fingerprint density at radius 3 is 1.28 bits per heavy atom. The molecule has 0 aliphatic heterocycles. The lowest BCUT2D eigenvalue weighted by Crippen LogP contribution is -2.35. The average molecular weight is 344 g/mol. The highest BCUT2D eigenvalue weighted by Gasteiger charge is 2.47. The van der Waals surface area contributed by atoms with Gasteiger partial charge in [0.2, 0.25) is 7.41 Å². The molecule has 1 aromatic heterocycles. The molecule has 0 aliphatic rings. The van der Waals surface area contributed by atoms with Crippen LogP contribution in [0.3, 0.4) is 0 Å². The molecule has 0 bridgehead atoms. The summed E-state index contributed by atoms with van der Waals surface area (Å²) in [6.07, 6.45) is 3.82. The van der Waals surface area contributed by atoms with Gasteiger partial charge in [-0.3, -0.25) is 0 Å². The smallest absolute Gasteiger partial charge is 0.206 e. The molecule has 0 atom stereocenters. The van der Waals surface area contributed by atoms with Crippen molar-refractivity contribution in [1.82, 2.24) is 4.34 Å². The summed E-state index contributed by atoms with van der Waals surface area (Å²) in [5.74, 6) is 0.284. The summed E-state index contributed by atoms with van der Waals surface area (Å²) >= 11 is 0. The van der Waals surface area contributed by atoms with Gasteiger partial charge in [-0.15, -0.1) is 0 Å². The van der Waals surface area contributed by atoms with Crippen LogP contribution in [0.2, 0.25) is 0 Å². The van der Waals surface area contributed by atoms with E-state index in [1.165, 1.54) is 15.9 Å².